The topological polar surface area (TPSA) is 103 Å². The van der Waals surface area contributed by atoms with Crippen molar-refractivity contribution in [1.29, 1.82) is 0 Å². The predicted octanol–water partition coefficient (Wildman–Crippen LogP) is 2.15. The van der Waals surface area contributed by atoms with Gasteiger partial charge in [-0.15, -0.1) is 0 Å². The highest BCUT2D eigenvalue weighted by atomic mass is 16.5. The van der Waals surface area contributed by atoms with Crippen molar-refractivity contribution in [3.63, 3.8) is 0 Å². The Bertz CT molecular complexity index is 1030. The zero-order chi connectivity index (χ0) is 20.3. The average molecular weight is 384 g/mol. The lowest BCUT2D eigenvalue weighted by Crippen LogP contribution is -2.32. The molecule has 0 saturated heterocycles. The molecule has 0 aliphatic heterocycles. The maximum absolute atomic E-state index is 12.9. The molecule has 148 valence electrons. The highest BCUT2D eigenvalue weighted by molar-refractivity contribution is 5.89. The fourth-order valence-electron chi connectivity index (χ4n) is 2.89. The Balaban J connectivity index is 2.00. The van der Waals surface area contributed by atoms with E-state index in [1.807, 2.05) is 26.1 Å². The van der Waals surface area contributed by atoms with Gasteiger partial charge in [0.15, 0.2) is 5.82 Å². The first-order valence-corrected chi connectivity index (χ1v) is 9.21. The van der Waals surface area contributed by atoms with Crippen molar-refractivity contribution in [2.45, 2.75) is 46.3 Å². The molecule has 0 radical (unpaired) electrons. The monoisotopic (exact) mass is 384 g/mol. The number of nitrogens with zero attached hydrogens (tertiary/aromatic N) is 5. The molecule has 3 aromatic rings. The second-order valence-corrected chi connectivity index (χ2v) is 6.74. The minimum absolute atomic E-state index is 0.229. The number of nitrogens with one attached hydrogen (secondary N) is 1. The van der Waals surface area contributed by atoms with Gasteiger partial charge in [-0.25, -0.2) is 14.6 Å². The highest BCUT2D eigenvalue weighted by Gasteiger charge is 2.19. The molecule has 1 atom stereocenters. The Morgan fingerprint density at radius 1 is 1.32 bits per heavy atom. The zero-order valence-electron chi connectivity index (χ0n) is 16.4. The summed E-state index contributed by atoms with van der Waals surface area (Å²) >= 11 is 0. The molecule has 0 spiro atoms. The Hall–Kier alpha value is -3.07. The molecule has 3 rings (SSSR count). The summed E-state index contributed by atoms with van der Waals surface area (Å²) in [6.07, 6.45) is 4.43. The van der Waals surface area contributed by atoms with E-state index in [0.717, 1.165) is 5.56 Å². The second kappa shape index (κ2) is 8.30. The molecule has 9 nitrogen and oxygen atoms in total. The number of hydrogen-bond donors (Lipinski definition) is 1. The lowest BCUT2D eigenvalue weighted by atomic mass is 10.1. The first-order chi connectivity index (χ1) is 13.4. The smallest absolute Gasteiger partial charge is 0.291 e. The molecule has 0 aliphatic rings. The largest absolute Gasteiger partial charge is 0.371 e. The Labute approximate surface area is 162 Å². The number of carbonyl (C=O) groups is 1. The predicted molar refractivity (Wildman–Crippen MR) is 104 cm³/mol. The van der Waals surface area contributed by atoms with Gasteiger partial charge in [-0.2, -0.15) is 5.10 Å². The Kier molecular flexibility index (Phi) is 5.84. The molecule has 1 amide bonds. The minimum atomic E-state index is -0.400. The van der Waals surface area contributed by atoms with Gasteiger partial charge in [0, 0.05) is 19.0 Å². The van der Waals surface area contributed by atoms with Crippen LogP contribution in [0.4, 0.5) is 5.82 Å². The van der Waals surface area contributed by atoms with E-state index in [-0.39, 0.29) is 24.1 Å². The number of ether oxygens (including phenoxy) is 1. The molecule has 3 aromatic heterocycles. The van der Waals surface area contributed by atoms with Crippen molar-refractivity contribution >= 4 is 17.2 Å². The first-order valence-electron chi connectivity index (χ1n) is 9.21. The summed E-state index contributed by atoms with van der Waals surface area (Å²) in [6.45, 7) is 8.16. The van der Waals surface area contributed by atoms with Gasteiger partial charge in [0.2, 0.25) is 5.91 Å². The van der Waals surface area contributed by atoms with Gasteiger partial charge in [-0.05, 0) is 37.5 Å². The third-order valence-electron chi connectivity index (χ3n) is 4.35. The lowest BCUT2D eigenvalue weighted by molar-refractivity contribution is -0.117. The van der Waals surface area contributed by atoms with Crippen molar-refractivity contribution in [3.05, 3.63) is 52.6 Å². The van der Waals surface area contributed by atoms with E-state index in [1.54, 1.807) is 10.5 Å². The van der Waals surface area contributed by atoms with Gasteiger partial charge < -0.3 is 10.1 Å². The number of amides is 1. The van der Waals surface area contributed by atoms with E-state index < -0.39 is 5.91 Å². The van der Waals surface area contributed by atoms with Crippen LogP contribution in [0, 0.1) is 0 Å². The van der Waals surface area contributed by atoms with Crippen LogP contribution < -0.4 is 10.9 Å². The van der Waals surface area contributed by atoms with E-state index >= 15 is 0 Å². The summed E-state index contributed by atoms with van der Waals surface area (Å²) in [5, 5.41) is 7.06. The summed E-state index contributed by atoms with van der Waals surface area (Å²) in [4.78, 5) is 33.1. The SMILES string of the molecule is CCOC(C)c1nn(CC(=O)Nc2ccncn2)c(=O)c2cc(C(C)C)cn12. The molecule has 0 saturated carbocycles. The summed E-state index contributed by atoms with van der Waals surface area (Å²) in [7, 11) is 0. The van der Waals surface area contributed by atoms with Crippen LogP contribution in [0.15, 0.2) is 35.6 Å². The maximum Gasteiger partial charge on any atom is 0.291 e. The summed E-state index contributed by atoms with van der Waals surface area (Å²) < 4.78 is 8.61. The number of carbonyl (C=O) groups excluding carboxylic acids is 1. The quantitative estimate of drug-likeness (QED) is 0.669. The van der Waals surface area contributed by atoms with E-state index in [4.69, 9.17) is 4.74 Å². The summed E-state index contributed by atoms with van der Waals surface area (Å²) in [5.74, 6) is 0.785. The van der Waals surface area contributed by atoms with E-state index in [0.29, 0.717) is 23.8 Å². The fourth-order valence-corrected chi connectivity index (χ4v) is 2.89. The second-order valence-electron chi connectivity index (χ2n) is 6.74. The number of fused-ring (bicyclic) bond motifs is 1. The number of hydrogen-bond acceptors (Lipinski definition) is 6. The van der Waals surface area contributed by atoms with Crippen molar-refractivity contribution in [2.75, 3.05) is 11.9 Å². The molecule has 28 heavy (non-hydrogen) atoms. The Morgan fingerprint density at radius 3 is 2.75 bits per heavy atom. The van der Waals surface area contributed by atoms with Crippen LogP contribution in [0.5, 0.6) is 0 Å². The van der Waals surface area contributed by atoms with Crippen molar-refractivity contribution in [2.24, 2.45) is 0 Å². The third kappa shape index (κ3) is 4.09. The van der Waals surface area contributed by atoms with E-state index in [1.165, 1.54) is 17.2 Å². The molecule has 0 fully saturated rings. The number of aromatic nitrogens is 5. The fraction of sp³-hybridized carbons (Fsp3) is 0.421. The lowest BCUT2D eigenvalue weighted by Gasteiger charge is -2.15. The number of rotatable bonds is 7. The summed E-state index contributed by atoms with van der Waals surface area (Å²) in [6, 6.07) is 3.41. The molecule has 0 bridgehead atoms. The highest BCUT2D eigenvalue weighted by Crippen LogP contribution is 2.21. The molecule has 1 N–H and O–H groups in total. The van der Waals surface area contributed by atoms with Gasteiger partial charge in [-0.3, -0.25) is 14.0 Å². The zero-order valence-corrected chi connectivity index (χ0v) is 16.4. The molecular weight excluding hydrogens is 360 g/mol. The van der Waals surface area contributed by atoms with Gasteiger partial charge in [0.25, 0.3) is 5.56 Å². The average Bonchev–Trinajstić information content (AvgIpc) is 3.11. The molecule has 0 aliphatic carbocycles. The van der Waals surface area contributed by atoms with E-state index in [9.17, 15) is 9.59 Å². The number of anilines is 1. The Morgan fingerprint density at radius 2 is 2.11 bits per heavy atom. The van der Waals surface area contributed by atoms with E-state index in [2.05, 4.69) is 34.2 Å². The molecular formula is C19H24N6O3. The standard InChI is InChI=1S/C19H24N6O3/c1-5-28-13(4)18-23-25(10-17(26)22-16-6-7-20-11-21-16)19(27)15-8-14(12(2)3)9-24(15)18/h6-9,11-13H,5,10H2,1-4H3,(H,20,21,22,26). The van der Waals surface area contributed by atoms with Crippen molar-refractivity contribution < 1.29 is 9.53 Å². The molecule has 1 unspecified atom stereocenters. The van der Waals surface area contributed by atoms with Crippen LogP contribution in [0.25, 0.3) is 5.52 Å². The van der Waals surface area contributed by atoms with Crippen LogP contribution >= 0.6 is 0 Å². The first kappa shape index (κ1) is 19.7. The van der Waals surface area contributed by atoms with Crippen LogP contribution in [-0.4, -0.2) is 36.7 Å². The molecule has 3 heterocycles. The van der Waals surface area contributed by atoms with Crippen molar-refractivity contribution in [1.82, 2.24) is 24.1 Å². The van der Waals surface area contributed by atoms with Gasteiger partial charge in [0.1, 0.15) is 30.3 Å². The van der Waals surface area contributed by atoms with Crippen molar-refractivity contribution in [3.8, 4) is 0 Å². The summed E-state index contributed by atoms with van der Waals surface area (Å²) in [5.41, 5.74) is 1.15. The van der Waals surface area contributed by atoms with Crippen LogP contribution in [0.1, 0.15) is 51.1 Å². The van der Waals surface area contributed by atoms with Gasteiger partial charge in [0.05, 0.1) is 0 Å². The normalized spacial score (nSPS) is 12.5. The minimum Gasteiger partial charge on any atom is -0.371 e. The van der Waals surface area contributed by atoms with Gasteiger partial charge in [-0.1, -0.05) is 13.8 Å². The maximum atomic E-state index is 12.9. The molecule has 9 heteroatoms. The van der Waals surface area contributed by atoms with Crippen LogP contribution in [-0.2, 0) is 16.1 Å². The van der Waals surface area contributed by atoms with Crippen LogP contribution in [0.2, 0.25) is 0 Å². The van der Waals surface area contributed by atoms with Crippen LogP contribution in [0.3, 0.4) is 0 Å². The molecule has 0 aromatic carbocycles. The third-order valence-corrected chi connectivity index (χ3v) is 4.35. The van der Waals surface area contributed by atoms with Gasteiger partial charge >= 0.3 is 0 Å².